The first kappa shape index (κ1) is 42.4. The van der Waals surface area contributed by atoms with E-state index in [-0.39, 0.29) is 5.41 Å². The molecule has 1 heterocycles. The van der Waals surface area contributed by atoms with Gasteiger partial charge in [0.25, 0.3) is 0 Å². The minimum Gasteiger partial charge on any atom is -0.381 e. The fourth-order valence-corrected chi connectivity index (χ4v) is 6.56. The second kappa shape index (κ2) is 34.7. The van der Waals surface area contributed by atoms with Crippen molar-refractivity contribution in [3.8, 4) is 0 Å². The van der Waals surface area contributed by atoms with Gasteiger partial charge in [0.1, 0.15) is 0 Å². The third-order valence-electron chi connectivity index (χ3n) is 9.75. The molecule has 0 aromatic rings. The van der Waals surface area contributed by atoms with Crippen molar-refractivity contribution in [2.24, 2.45) is 5.41 Å². The van der Waals surface area contributed by atoms with Crippen LogP contribution in [0.1, 0.15) is 200 Å². The molecule has 3 nitrogen and oxygen atoms in total. The highest BCUT2D eigenvalue weighted by Gasteiger charge is 2.34. The van der Waals surface area contributed by atoms with E-state index in [2.05, 4.69) is 43.5 Å². The average Bonchev–Trinajstić information content (AvgIpc) is 3.52. The van der Waals surface area contributed by atoms with Crippen LogP contribution in [0.3, 0.4) is 0 Å². The molecule has 0 spiro atoms. The molecule has 3 heteroatoms. The minimum absolute atomic E-state index is 0.200. The Morgan fingerprint density at radius 3 is 1.11 bits per heavy atom. The van der Waals surface area contributed by atoms with Gasteiger partial charge in [-0.2, -0.15) is 0 Å². The molecule has 0 aromatic carbocycles. The lowest BCUT2D eigenvalue weighted by atomic mass is 9.89. The first-order chi connectivity index (χ1) is 22.3. The lowest BCUT2D eigenvalue weighted by molar-refractivity contribution is -0.0139. The van der Waals surface area contributed by atoms with Gasteiger partial charge in [-0.3, -0.25) is 0 Å². The Morgan fingerprint density at radius 2 is 0.778 bits per heavy atom. The van der Waals surface area contributed by atoms with Crippen molar-refractivity contribution >= 4 is 0 Å². The monoisotopic (exact) mass is 632 g/mol. The van der Waals surface area contributed by atoms with Crippen LogP contribution in [0, 0.1) is 5.41 Å². The van der Waals surface area contributed by atoms with Crippen molar-refractivity contribution < 1.29 is 9.47 Å². The molecule has 1 saturated heterocycles. The highest BCUT2D eigenvalue weighted by molar-refractivity contribution is 4.88. The molecule has 0 aliphatic carbocycles. The Morgan fingerprint density at radius 1 is 0.444 bits per heavy atom. The molecule has 0 radical (unpaired) electrons. The number of allylic oxidation sites excluding steroid dienone is 4. The van der Waals surface area contributed by atoms with Gasteiger partial charge in [-0.15, -0.1) is 0 Å². The Bertz CT molecular complexity index is 576. The predicted molar refractivity (Wildman–Crippen MR) is 200 cm³/mol. The summed E-state index contributed by atoms with van der Waals surface area (Å²) in [6, 6.07) is 0. The molecule has 1 fully saturated rings. The van der Waals surface area contributed by atoms with Crippen molar-refractivity contribution in [2.75, 3.05) is 39.5 Å². The Hall–Kier alpha value is -0.640. The van der Waals surface area contributed by atoms with Crippen LogP contribution in [0.5, 0.6) is 0 Å². The van der Waals surface area contributed by atoms with E-state index in [4.69, 9.17) is 9.47 Å². The van der Waals surface area contributed by atoms with E-state index in [1.165, 1.54) is 186 Å². The molecule has 0 saturated carbocycles. The van der Waals surface area contributed by atoms with Gasteiger partial charge >= 0.3 is 0 Å². The van der Waals surface area contributed by atoms with E-state index in [1.54, 1.807) is 0 Å². The summed E-state index contributed by atoms with van der Waals surface area (Å²) in [5.74, 6) is 0. The van der Waals surface area contributed by atoms with Crippen LogP contribution in [0.2, 0.25) is 0 Å². The fourth-order valence-electron chi connectivity index (χ4n) is 6.56. The van der Waals surface area contributed by atoms with Crippen molar-refractivity contribution in [1.82, 2.24) is 5.32 Å². The van der Waals surface area contributed by atoms with E-state index in [0.29, 0.717) is 0 Å². The maximum Gasteiger partial charge on any atom is 0.0557 e. The van der Waals surface area contributed by atoms with Crippen LogP contribution >= 0.6 is 0 Å². The quantitative estimate of drug-likeness (QED) is 0.0551. The topological polar surface area (TPSA) is 30.5 Å². The molecule has 0 unspecified atom stereocenters. The maximum absolute atomic E-state index is 6.19. The van der Waals surface area contributed by atoms with E-state index in [1.807, 2.05) is 0 Å². The van der Waals surface area contributed by atoms with Crippen LogP contribution in [0.15, 0.2) is 24.3 Å². The van der Waals surface area contributed by atoms with E-state index >= 15 is 0 Å². The van der Waals surface area contributed by atoms with Gasteiger partial charge in [0, 0.05) is 25.2 Å². The molecule has 1 N–H and O–H groups in total. The SMILES string of the molecule is CCCCCCCC/C=C\CCCCCCCCOCC1(COCCCCCCCC/C=C\CCCCCCCC)CCNC1. The van der Waals surface area contributed by atoms with Gasteiger partial charge in [-0.05, 0) is 77.2 Å². The van der Waals surface area contributed by atoms with Crippen LogP contribution in [-0.4, -0.2) is 39.5 Å². The summed E-state index contributed by atoms with van der Waals surface area (Å²) in [5, 5.41) is 3.56. The first-order valence-corrected chi connectivity index (χ1v) is 20.5. The summed E-state index contributed by atoms with van der Waals surface area (Å²) in [5.41, 5.74) is 0.200. The Balaban J connectivity index is 1.86. The third-order valence-corrected chi connectivity index (χ3v) is 9.75. The van der Waals surface area contributed by atoms with Gasteiger partial charge in [-0.1, -0.05) is 154 Å². The molecule has 0 amide bonds. The van der Waals surface area contributed by atoms with Gasteiger partial charge in [0.05, 0.1) is 13.2 Å². The second-order valence-corrected chi connectivity index (χ2v) is 14.4. The van der Waals surface area contributed by atoms with Crippen molar-refractivity contribution in [3.63, 3.8) is 0 Å². The summed E-state index contributed by atoms with van der Waals surface area (Å²) in [4.78, 5) is 0. The molecule has 0 atom stereocenters. The van der Waals surface area contributed by atoms with Gasteiger partial charge in [0.15, 0.2) is 0 Å². The van der Waals surface area contributed by atoms with Crippen LogP contribution in [-0.2, 0) is 9.47 Å². The Kier molecular flexibility index (Phi) is 32.7. The van der Waals surface area contributed by atoms with Crippen molar-refractivity contribution in [2.45, 2.75) is 200 Å². The zero-order valence-corrected chi connectivity index (χ0v) is 30.9. The molecular weight excluding hydrogens is 550 g/mol. The third kappa shape index (κ3) is 29.2. The molecule has 0 bridgehead atoms. The second-order valence-electron chi connectivity index (χ2n) is 14.4. The van der Waals surface area contributed by atoms with Crippen molar-refractivity contribution in [1.29, 1.82) is 0 Å². The van der Waals surface area contributed by atoms with Gasteiger partial charge in [0.2, 0.25) is 0 Å². The summed E-state index contributed by atoms with van der Waals surface area (Å²) in [7, 11) is 0. The summed E-state index contributed by atoms with van der Waals surface area (Å²) < 4.78 is 12.4. The smallest absolute Gasteiger partial charge is 0.0557 e. The number of nitrogens with one attached hydrogen (secondary N) is 1. The first-order valence-electron chi connectivity index (χ1n) is 20.5. The van der Waals surface area contributed by atoms with Gasteiger partial charge in [-0.25, -0.2) is 0 Å². The molecule has 1 rings (SSSR count). The molecule has 45 heavy (non-hydrogen) atoms. The van der Waals surface area contributed by atoms with Crippen LogP contribution in [0.25, 0.3) is 0 Å². The minimum atomic E-state index is 0.200. The maximum atomic E-state index is 6.19. The predicted octanol–water partition coefficient (Wildman–Crippen LogP) is 13.1. The van der Waals surface area contributed by atoms with Crippen molar-refractivity contribution in [3.05, 3.63) is 24.3 Å². The van der Waals surface area contributed by atoms with Crippen LogP contribution < -0.4 is 5.32 Å². The highest BCUT2D eigenvalue weighted by Crippen LogP contribution is 2.27. The number of rotatable bonds is 36. The number of ether oxygens (including phenoxy) is 2. The summed E-state index contributed by atoms with van der Waals surface area (Å²) in [6.07, 6.45) is 48.8. The molecule has 1 aliphatic heterocycles. The van der Waals surface area contributed by atoms with Gasteiger partial charge < -0.3 is 14.8 Å². The lowest BCUT2D eigenvalue weighted by Crippen LogP contribution is -2.35. The summed E-state index contributed by atoms with van der Waals surface area (Å²) >= 11 is 0. The summed E-state index contributed by atoms with van der Waals surface area (Å²) in [6.45, 7) is 10.3. The average molecular weight is 632 g/mol. The largest absolute Gasteiger partial charge is 0.381 e. The highest BCUT2D eigenvalue weighted by atomic mass is 16.5. The molecule has 266 valence electrons. The van der Waals surface area contributed by atoms with E-state index in [9.17, 15) is 0 Å². The zero-order valence-electron chi connectivity index (χ0n) is 30.9. The fraction of sp³-hybridized carbons (Fsp3) is 0.905. The number of hydrogen-bond acceptors (Lipinski definition) is 3. The van der Waals surface area contributed by atoms with E-state index < -0.39 is 0 Å². The normalized spacial score (nSPS) is 14.9. The lowest BCUT2D eigenvalue weighted by Gasteiger charge is -2.27. The molecule has 1 aliphatic rings. The number of hydrogen-bond donors (Lipinski definition) is 1. The Labute approximate surface area is 283 Å². The number of unbranched alkanes of at least 4 members (excludes halogenated alkanes) is 24. The van der Waals surface area contributed by atoms with Crippen LogP contribution in [0.4, 0.5) is 0 Å². The zero-order chi connectivity index (χ0) is 32.2. The van der Waals surface area contributed by atoms with E-state index in [0.717, 1.165) is 39.5 Å². The molecular formula is C42H81NO2. The molecule has 0 aromatic heterocycles. The standard InChI is InChI=1S/C42H81NO2/c1-3-5-7-9-11-13-15-17-19-21-23-25-27-29-31-33-37-44-40-42(35-36-43-39-42)41-45-38-34-32-30-28-26-24-22-20-18-16-14-12-10-8-6-4-2/h17-20,43H,3-16,21-41H2,1-2H3/b19-17-,20-18-.